The molecule has 0 unspecified atom stereocenters. The Labute approximate surface area is 170 Å². The van der Waals surface area contributed by atoms with Crippen LogP contribution in [0.3, 0.4) is 0 Å². The number of anilines is 1. The number of esters is 1. The van der Waals surface area contributed by atoms with Gasteiger partial charge in [0.2, 0.25) is 5.91 Å². The zero-order valence-corrected chi connectivity index (χ0v) is 17.7. The molecule has 0 aliphatic heterocycles. The highest BCUT2D eigenvalue weighted by Crippen LogP contribution is 2.28. The fourth-order valence-electron chi connectivity index (χ4n) is 2.63. The molecular formula is C18H21N5O3S2. The quantitative estimate of drug-likeness (QED) is 0.468. The van der Waals surface area contributed by atoms with Gasteiger partial charge in [-0.1, -0.05) is 11.8 Å². The number of hydrogen-bond acceptors (Lipinski definition) is 7. The van der Waals surface area contributed by atoms with Gasteiger partial charge in [-0.2, -0.15) is 0 Å². The first kappa shape index (κ1) is 20.2. The van der Waals surface area contributed by atoms with E-state index in [0.29, 0.717) is 22.1 Å². The molecule has 3 rings (SSSR count). The number of nitrogens with one attached hydrogen (secondary N) is 1. The maximum Gasteiger partial charge on any atom is 0.340 e. The predicted octanol–water partition coefficient (Wildman–Crippen LogP) is 2.63. The summed E-state index contributed by atoms with van der Waals surface area (Å²) in [4.78, 5) is 25.1. The summed E-state index contributed by atoms with van der Waals surface area (Å²) in [7, 11) is 5.19. The molecule has 0 aliphatic carbocycles. The number of rotatable bonds is 7. The lowest BCUT2D eigenvalue weighted by Crippen LogP contribution is -2.16. The molecule has 0 saturated carbocycles. The van der Waals surface area contributed by atoms with Gasteiger partial charge in [-0.15, -0.1) is 21.5 Å². The van der Waals surface area contributed by atoms with E-state index in [4.69, 9.17) is 4.74 Å². The van der Waals surface area contributed by atoms with E-state index in [1.807, 2.05) is 48.5 Å². The Morgan fingerprint density at radius 1 is 1.32 bits per heavy atom. The summed E-state index contributed by atoms with van der Waals surface area (Å²) in [6.45, 7) is 1.87. The fourth-order valence-corrected chi connectivity index (χ4v) is 4.27. The van der Waals surface area contributed by atoms with Crippen molar-refractivity contribution in [2.75, 3.05) is 18.2 Å². The van der Waals surface area contributed by atoms with Crippen LogP contribution in [0.1, 0.15) is 26.8 Å². The van der Waals surface area contributed by atoms with E-state index in [2.05, 4.69) is 15.5 Å². The highest BCUT2D eigenvalue weighted by molar-refractivity contribution is 7.99. The van der Waals surface area contributed by atoms with Crippen LogP contribution < -0.4 is 5.32 Å². The first-order chi connectivity index (χ1) is 13.4. The number of amides is 1. The van der Waals surface area contributed by atoms with Crippen LogP contribution in [0.5, 0.6) is 0 Å². The molecule has 3 heterocycles. The zero-order valence-electron chi connectivity index (χ0n) is 16.1. The molecule has 0 aromatic carbocycles. The van der Waals surface area contributed by atoms with Crippen LogP contribution >= 0.6 is 23.1 Å². The van der Waals surface area contributed by atoms with Crippen LogP contribution in [-0.2, 0) is 30.0 Å². The highest BCUT2D eigenvalue weighted by Gasteiger charge is 2.18. The number of thioether (sulfide) groups is 1. The van der Waals surface area contributed by atoms with Gasteiger partial charge in [-0.05, 0) is 25.1 Å². The third kappa shape index (κ3) is 4.45. The molecule has 0 aliphatic rings. The summed E-state index contributed by atoms with van der Waals surface area (Å²) >= 11 is 2.64. The Balaban J connectivity index is 1.61. The van der Waals surface area contributed by atoms with Gasteiger partial charge in [-0.3, -0.25) is 4.79 Å². The minimum Gasteiger partial charge on any atom is -0.465 e. The molecule has 148 valence electrons. The predicted molar refractivity (Wildman–Crippen MR) is 109 cm³/mol. The summed E-state index contributed by atoms with van der Waals surface area (Å²) in [6.07, 6.45) is 2.65. The summed E-state index contributed by atoms with van der Waals surface area (Å²) < 4.78 is 8.69. The van der Waals surface area contributed by atoms with Gasteiger partial charge in [0, 0.05) is 37.3 Å². The Morgan fingerprint density at radius 2 is 2.11 bits per heavy atom. The van der Waals surface area contributed by atoms with Crippen molar-refractivity contribution in [3.63, 3.8) is 0 Å². The van der Waals surface area contributed by atoms with Crippen molar-refractivity contribution in [2.45, 2.75) is 18.5 Å². The third-order valence-electron chi connectivity index (χ3n) is 4.16. The van der Waals surface area contributed by atoms with Gasteiger partial charge in [0.1, 0.15) is 10.8 Å². The Morgan fingerprint density at radius 3 is 2.79 bits per heavy atom. The Bertz CT molecular complexity index is 1000. The summed E-state index contributed by atoms with van der Waals surface area (Å²) in [5, 5.41) is 12.4. The minimum atomic E-state index is -0.467. The molecule has 1 N–H and O–H groups in total. The average Bonchev–Trinajstić information content (AvgIpc) is 3.34. The molecule has 0 radical (unpaired) electrons. The maximum atomic E-state index is 12.3. The monoisotopic (exact) mass is 419 g/mol. The van der Waals surface area contributed by atoms with Crippen molar-refractivity contribution in [1.82, 2.24) is 19.3 Å². The molecular weight excluding hydrogens is 398 g/mol. The number of carbonyl (C=O) groups is 2. The van der Waals surface area contributed by atoms with Crippen molar-refractivity contribution in [2.24, 2.45) is 14.1 Å². The van der Waals surface area contributed by atoms with Gasteiger partial charge < -0.3 is 19.2 Å². The number of thiophene rings is 1. The molecule has 0 saturated heterocycles. The van der Waals surface area contributed by atoms with Crippen LogP contribution in [-0.4, -0.2) is 44.1 Å². The number of methoxy groups -OCH3 is 1. The first-order valence-electron chi connectivity index (χ1n) is 8.49. The zero-order chi connectivity index (χ0) is 20.3. The largest absolute Gasteiger partial charge is 0.465 e. The fraction of sp³-hybridized carbons (Fsp3) is 0.333. The smallest absolute Gasteiger partial charge is 0.340 e. The molecule has 3 aromatic rings. The number of hydrogen-bond donors (Lipinski definition) is 1. The molecule has 0 spiro atoms. The van der Waals surface area contributed by atoms with Crippen molar-refractivity contribution < 1.29 is 14.3 Å². The van der Waals surface area contributed by atoms with Crippen molar-refractivity contribution in [3.05, 3.63) is 46.4 Å². The molecule has 28 heavy (non-hydrogen) atoms. The van der Waals surface area contributed by atoms with Crippen molar-refractivity contribution in [1.29, 1.82) is 0 Å². The summed E-state index contributed by atoms with van der Waals surface area (Å²) in [5.74, 6) is 0.301. The van der Waals surface area contributed by atoms with E-state index in [9.17, 15) is 9.59 Å². The van der Waals surface area contributed by atoms with E-state index in [0.717, 1.165) is 16.4 Å². The van der Waals surface area contributed by atoms with E-state index in [1.54, 1.807) is 6.07 Å². The molecule has 1 amide bonds. The third-order valence-corrected chi connectivity index (χ3v) is 6.15. The van der Waals surface area contributed by atoms with Gasteiger partial charge in [0.05, 0.1) is 18.4 Å². The van der Waals surface area contributed by atoms with Gasteiger partial charge >= 0.3 is 5.97 Å². The average molecular weight is 420 g/mol. The number of carbonyl (C=O) groups excluding carboxylic acids is 2. The molecule has 8 nitrogen and oxygen atoms in total. The second-order valence-corrected chi connectivity index (χ2v) is 8.37. The number of aryl methyl sites for hydroxylation is 2. The number of aromatic nitrogens is 4. The molecule has 0 bridgehead atoms. The van der Waals surface area contributed by atoms with E-state index >= 15 is 0 Å². The first-order valence-corrected chi connectivity index (χ1v) is 10.3. The Hall–Kier alpha value is -2.59. The standard InChI is InChI=1S/C18H21N5O3S2/c1-11-8-13(17(25)26-4)16(28-11)19-15(24)10-27-18-21-20-14(23(18)3)9-12-6-5-7-22(12)2/h5-8H,9-10H2,1-4H3,(H,19,24). The van der Waals surface area contributed by atoms with Crippen LogP contribution in [0, 0.1) is 6.92 Å². The number of nitrogens with zero attached hydrogens (tertiary/aromatic N) is 4. The van der Waals surface area contributed by atoms with Crippen LogP contribution in [0.4, 0.5) is 5.00 Å². The second kappa shape index (κ2) is 8.61. The van der Waals surface area contributed by atoms with Crippen LogP contribution in [0.15, 0.2) is 29.6 Å². The van der Waals surface area contributed by atoms with E-state index in [-0.39, 0.29) is 11.7 Å². The highest BCUT2D eigenvalue weighted by atomic mass is 32.2. The summed E-state index contributed by atoms with van der Waals surface area (Å²) in [6, 6.07) is 5.73. The molecule has 0 fully saturated rings. The lowest BCUT2D eigenvalue weighted by molar-refractivity contribution is -0.113. The van der Waals surface area contributed by atoms with Crippen molar-refractivity contribution >= 4 is 40.0 Å². The van der Waals surface area contributed by atoms with Gasteiger partial charge in [0.25, 0.3) is 0 Å². The van der Waals surface area contributed by atoms with Crippen LogP contribution in [0.2, 0.25) is 0 Å². The minimum absolute atomic E-state index is 0.160. The van der Waals surface area contributed by atoms with Crippen LogP contribution in [0.25, 0.3) is 0 Å². The maximum absolute atomic E-state index is 12.3. The molecule has 10 heteroatoms. The van der Waals surface area contributed by atoms with Gasteiger partial charge in [-0.25, -0.2) is 4.79 Å². The molecule has 3 aromatic heterocycles. The topological polar surface area (TPSA) is 91.0 Å². The number of ether oxygens (including phenoxy) is 1. The SMILES string of the molecule is COC(=O)c1cc(C)sc1NC(=O)CSc1nnc(Cc2cccn2C)n1C. The lowest BCUT2D eigenvalue weighted by Gasteiger charge is -2.06. The summed E-state index contributed by atoms with van der Waals surface area (Å²) in [5.41, 5.74) is 1.50. The lowest BCUT2D eigenvalue weighted by atomic mass is 10.3. The van der Waals surface area contributed by atoms with Crippen molar-refractivity contribution in [3.8, 4) is 0 Å². The normalized spacial score (nSPS) is 10.9. The molecule has 0 atom stereocenters. The van der Waals surface area contributed by atoms with E-state index < -0.39 is 5.97 Å². The van der Waals surface area contributed by atoms with Gasteiger partial charge in [0.15, 0.2) is 5.16 Å². The Kier molecular flexibility index (Phi) is 6.20. The van der Waals surface area contributed by atoms with E-state index in [1.165, 1.54) is 30.2 Å². The second-order valence-electron chi connectivity index (χ2n) is 6.17.